The topological polar surface area (TPSA) is 71.2 Å². The summed E-state index contributed by atoms with van der Waals surface area (Å²) >= 11 is 12.3. The number of fused-ring (bicyclic) bond motifs is 3. The van der Waals surface area contributed by atoms with Crippen molar-refractivity contribution >= 4 is 45.8 Å². The third kappa shape index (κ3) is 1.85. The van der Waals surface area contributed by atoms with Gasteiger partial charge >= 0.3 is 0 Å². The molecule has 0 radical (unpaired) electrons. The Labute approximate surface area is 129 Å². The van der Waals surface area contributed by atoms with Gasteiger partial charge in [-0.1, -0.05) is 23.2 Å². The van der Waals surface area contributed by atoms with Crippen molar-refractivity contribution in [3.05, 3.63) is 22.6 Å². The van der Waals surface area contributed by atoms with Crippen molar-refractivity contribution < 1.29 is 0 Å². The molecule has 108 valence electrons. The van der Waals surface area contributed by atoms with Crippen molar-refractivity contribution in [1.29, 1.82) is 0 Å². The Bertz CT molecular complexity index is 840. The molecule has 4 rings (SSSR count). The van der Waals surface area contributed by atoms with Gasteiger partial charge in [0.25, 0.3) is 0 Å². The number of hydrogen-bond acceptors (Lipinski definition) is 6. The van der Waals surface area contributed by atoms with E-state index in [0.717, 1.165) is 18.9 Å². The number of nitrogens with zero attached hydrogens (tertiary/aromatic N) is 6. The zero-order chi connectivity index (χ0) is 14.6. The average Bonchev–Trinajstić information content (AvgIpc) is 2.91. The van der Waals surface area contributed by atoms with Crippen molar-refractivity contribution in [2.45, 2.75) is 6.04 Å². The summed E-state index contributed by atoms with van der Waals surface area (Å²) in [6.07, 6.45) is 3.10. The first-order valence-electron chi connectivity index (χ1n) is 6.44. The average molecular weight is 324 g/mol. The highest BCUT2D eigenvalue weighted by Crippen LogP contribution is 2.32. The Kier molecular flexibility index (Phi) is 2.88. The molecule has 0 bridgehead atoms. The van der Waals surface area contributed by atoms with Gasteiger partial charge in [-0.15, -0.1) is 10.2 Å². The fourth-order valence-corrected chi connectivity index (χ4v) is 2.85. The van der Waals surface area contributed by atoms with Gasteiger partial charge in [0.05, 0.1) is 10.0 Å². The van der Waals surface area contributed by atoms with Crippen LogP contribution in [0.3, 0.4) is 0 Å². The molecule has 0 aromatic carbocycles. The lowest BCUT2D eigenvalue weighted by Crippen LogP contribution is -2.57. The monoisotopic (exact) mass is 323 g/mol. The fraction of sp³-hybridized carbons (Fsp3) is 0.333. The first-order valence-corrected chi connectivity index (χ1v) is 7.20. The number of rotatable bonds is 2. The molecule has 0 spiro atoms. The number of pyridine rings is 1. The normalized spacial score (nSPS) is 15.9. The van der Waals surface area contributed by atoms with Gasteiger partial charge in [0, 0.05) is 25.3 Å². The SMILES string of the molecule is CNC1CN(c2nc3ncc(Cl)c(Cl)c3n3cnnc23)C1. The third-order valence-corrected chi connectivity index (χ3v) is 4.49. The lowest BCUT2D eigenvalue weighted by Gasteiger charge is -2.39. The van der Waals surface area contributed by atoms with E-state index in [1.807, 2.05) is 7.05 Å². The van der Waals surface area contributed by atoms with E-state index in [4.69, 9.17) is 23.2 Å². The van der Waals surface area contributed by atoms with Crippen molar-refractivity contribution in [3.8, 4) is 0 Å². The maximum Gasteiger partial charge on any atom is 0.204 e. The van der Waals surface area contributed by atoms with E-state index in [9.17, 15) is 0 Å². The van der Waals surface area contributed by atoms with E-state index in [-0.39, 0.29) is 0 Å². The first-order chi connectivity index (χ1) is 10.2. The smallest absolute Gasteiger partial charge is 0.204 e. The van der Waals surface area contributed by atoms with Crippen LogP contribution in [0.15, 0.2) is 12.5 Å². The third-order valence-electron chi connectivity index (χ3n) is 3.72. The summed E-state index contributed by atoms with van der Waals surface area (Å²) in [6, 6.07) is 0.465. The van der Waals surface area contributed by atoms with E-state index in [2.05, 4.69) is 30.4 Å². The van der Waals surface area contributed by atoms with Gasteiger partial charge in [0.2, 0.25) is 5.65 Å². The summed E-state index contributed by atoms with van der Waals surface area (Å²) in [5.41, 5.74) is 1.81. The molecule has 1 aliphatic heterocycles. The van der Waals surface area contributed by atoms with Crippen LogP contribution in [0.25, 0.3) is 16.8 Å². The second-order valence-electron chi connectivity index (χ2n) is 4.94. The van der Waals surface area contributed by atoms with Crippen LogP contribution in [-0.2, 0) is 0 Å². The van der Waals surface area contributed by atoms with Gasteiger partial charge in [-0.25, -0.2) is 9.97 Å². The maximum atomic E-state index is 6.28. The predicted molar refractivity (Wildman–Crippen MR) is 81.2 cm³/mol. The lowest BCUT2D eigenvalue weighted by atomic mass is 10.1. The molecular formula is C12H11Cl2N7. The molecule has 1 fully saturated rings. The van der Waals surface area contributed by atoms with Crippen LogP contribution in [0.5, 0.6) is 0 Å². The summed E-state index contributed by atoms with van der Waals surface area (Å²) < 4.78 is 1.78. The molecule has 9 heteroatoms. The molecule has 1 saturated heterocycles. The molecule has 1 N–H and O–H groups in total. The van der Waals surface area contributed by atoms with Crippen LogP contribution in [0.1, 0.15) is 0 Å². The molecule has 7 nitrogen and oxygen atoms in total. The van der Waals surface area contributed by atoms with Crippen molar-refractivity contribution in [2.75, 3.05) is 25.0 Å². The maximum absolute atomic E-state index is 6.28. The van der Waals surface area contributed by atoms with E-state index in [1.54, 1.807) is 10.7 Å². The Hall–Kier alpha value is -1.70. The number of halogens is 2. The van der Waals surface area contributed by atoms with E-state index < -0.39 is 0 Å². The summed E-state index contributed by atoms with van der Waals surface area (Å²) in [4.78, 5) is 11.0. The molecule has 0 atom stereocenters. The second-order valence-corrected chi connectivity index (χ2v) is 5.73. The summed E-state index contributed by atoms with van der Waals surface area (Å²) in [6.45, 7) is 1.75. The lowest BCUT2D eigenvalue weighted by molar-refractivity contribution is 0.448. The minimum absolute atomic E-state index is 0.382. The van der Waals surface area contributed by atoms with Crippen LogP contribution in [0.2, 0.25) is 10.0 Å². The second kappa shape index (κ2) is 4.66. The van der Waals surface area contributed by atoms with E-state index in [0.29, 0.717) is 32.9 Å². The van der Waals surface area contributed by atoms with Gasteiger partial charge in [0.1, 0.15) is 11.8 Å². The quantitative estimate of drug-likeness (QED) is 0.768. The fourth-order valence-electron chi connectivity index (χ4n) is 2.49. The Balaban J connectivity index is 1.96. The zero-order valence-corrected chi connectivity index (χ0v) is 12.6. The van der Waals surface area contributed by atoms with Crippen LogP contribution in [0, 0.1) is 0 Å². The van der Waals surface area contributed by atoms with Gasteiger partial charge in [0.15, 0.2) is 11.5 Å². The Morgan fingerprint density at radius 2 is 2.14 bits per heavy atom. The van der Waals surface area contributed by atoms with Crippen molar-refractivity contribution in [1.82, 2.24) is 29.9 Å². The number of nitrogens with one attached hydrogen (secondary N) is 1. The summed E-state index contributed by atoms with van der Waals surface area (Å²) in [5, 5.41) is 12.1. The first kappa shape index (κ1) is 13.0. The minimum Gasteiger partial charge on any atom is -0.350 e. The van der Waals surface area contributed by atoms with Gasteiger partial charge in [-0.2, -0.15) is 0 Å². The van der Waals surface area contributed by atoms with Crippen molar-refractivity contribution in [2.24, 2.45) is 0 Å². The van der Waals surface area contributed by atoms with Gasteiger partial charge < -0.3 is 10.2 Å². The Morgan fingerprint density at radius 1 is 1.33 bits per heavy atom. The number of likely N-dealkylation sites (N-methyl/N-ethyl adjacent to an activating group) is 1. The zero-order valence-electron chi connectivity index (χ0n) is 11.1. The molecule has 0 saturated carbocycles. The molecule has 21 heavy (non-hydrogen) atoms. The summed E-state index contributed by atoms with van der Waals surface area (Å²) in [5.74, 6) is 0.761. The van der Waals surface area contributed by atoms with Gasteiger partial charge in [-0.3, -0.25) is 4.40 Å². The van der Waals surface area contributed by atoms with E-state index >= 15 is 0 Å². The highest BCUT2D eigenvalue weighted by molar-refractivity contribution is 6.44. The Morgan fingerprint density at radius 3 is 2.90 bits per heavy atom. The number of anilines is 1. The molecule has 3 aromatic heterocycles. The van der Waals surface area contributed by atoms with E-state index in [1.165, 1.54) is 6.20 Å². The molecule has 3 aromatic rings. The number of aromatic nitrogens is 5. The number of hydrogen-bond donors (Lipinski definition) is 1. The molecule has 0 unspecified atom stereocenters. The molecular weight excluding hydrogens is 313 g/mol. The molecule has 0 amide bonds. The van der Waals surface area contributed by atoms with Crippen molar-refractivity contribution in [3.63, 3.8) is 0 Å². The molecule has 0 aliphatic carbocycles. The van der Waals surface area contributed by atoms with Gasteiger partial charge in [-0.05, 0) is 7.05 Å². The van der Waals surface area contributed by atoms with Crippen LogP contribution in [0.4, 0.5) is 5.82 Å². The summed E-state index contributed by atoms with van der Waals surface area (Å²) in [7, 11) is 1.95. The highest BCUT2D eigenvalue weighted by atomic mass is 35.5. The van der Waals surface area contributed by atoms with Crippen LogP contribution < -0.4 is 10.2 Å². The largest absolute Gasteiger partial charge is 0.350 e. The van der Waals surface area contributed by atoms with Crippen LogP contribution >= 0.6 is 23.2 Å². The van der Waals surface area contributed by atoms with Crippen LogP contribution in [-0.4, -0.2) is 50.7 Å². The molecule has 4 heterocycles. The molecule has 1 aliphatic rings. The predicted octanol–water partition coefficient (Wildman–Crippen LogP) is 1.39. The standard InChI is InChI=1S/C12H11Cl2N7/c1-15-6-3-20(4-6)11-12-19-17-5-21(12)9-8(14)7(13)2-16-10(9)18-11/h2,5-6,15H,3-4H2,1H3. The highest BCUT2D eigenvalue weighted by Gasteiger charge is 2.29. The minimum atomic E-state index is 0.382.